The van der Waals surface area contributed by atoms with Gasteiger partial charge in [0.15, 0.2) is 4.34 Å². The SMILES string of the molecule is O=C(Nc1ccc2nc(SCc3cccc(F)c3)sc2c1)c1ccccc1Cl. The molecule has 0 aliphatic carbocycles. The monoisotopic (exact) mass is 428 g/mol. The lowest BCUT2D eigenvalue weighted by Crippen LogP contribution is -2.12. The van der Waals surface area contributed by atoms with Gasteiger partial charge in [0.25, 0.3) is 5.91 Å². The number of halogens is 2. The van der Waals surface area contributed by atoms with E-state index in [4.69, 9.17) is 11.6 Å². The van der Waals surface area contributed by atoms with Crippen LogP contribution in [0.15, 0.2) is 71.1 Å². The number of anilines is 1. The van der Waals surface area contributed by atoms with Crippen LogP contribution in [-0.2, 0) is 5.75 Å². The Hall–Kier alpha value is -2.41. The van der Waals surface area contributed by atoms with E-state index >= 15 is 0 Å². The summed E-state index contributed by atoms with van der Waals surface area (Å²) in [6, 6.07) is 19.1. The van der Waals surface area contributed by atoms with Gasteiger partial charge < -0.3 is 5.32 Å². The van der Waals surface area contributed by atoms with Crippen LogP contribution in [0.5, 0.6) is 0 Å². The summed E-state index contributed by atoms with van der Waals surface area (Å²) in [6.07, 6.45) is 0. The maximum absolute atomic E-state index is 13.3. The number of thioether (sulfide) groups is 1. The Morgan fingerprint density at radius 2 is 1.96 bits per heavy atom. The third-order valence-electron chi connectivity index (χ3n) is 4.00. The number of fused-ring (bicyclic) bond motifs is 1. The number of rotatable bonds is 5. The predicted molar refractivity (Wildman–Crippen MR) is 115 cm³/mol. The highest BCUT2D eigenvalue weighted by molar-refractivity contribution is 8.00. The third kappa shape index (κ3) is 4.35. The number of thiazole rings is 1. The van der Waals surface area contributed by atoms with Gasteiger partial charge in [-0.3, -0.25) is 4.79 Å². The maximum Gasteiger partial charge on any atom is 0.257 e. The molecule has 4 aromatic rings. The molecule has 0 aliphatic heterocycles. The number of amides is 1. The Kier molecular flexibility index (Phi) is 5.62. The van der Waals surface area contributed by atoms with E-state index in [1.165, 1.54) is 12.1 Å². The average Bonchev–Trinajstić information content (AvgIpc) is 3.09. The molecule has 0 saturated heterocycles. The molecule has 7 heteroatoms. The third-order valence-corrected chi connectivity index (χ3v) is 6.56. The summed E-state index contributed by atoms with van der Waals surface area (Å²) in [6.45, 7) is 0. The summed E-state index contributed by atoms with van der Waals surface area (Å²) < 4.78 is 15.2. The first-order chi connectivity index (χ1) is 13.6. The van der Waals surface area contributed by atoms with Crippen LogP contribution in [-0.4, -0.2) is 10.9 Å². The number of nitrogens with one attached hydrogen (secondary N) is 1. The van der Waals surface area contributed by atoms with Gasteiger partial charge in [-0.1, -0.05) is 47.6 Å². The van der Waals surface area contributed by atoms with E-state index < -0.39 is 0 Å². The summed E-state index contributed by atoms with van der Waals surface area (Å²) in [5.41, 5.74) is 2.89. The van der Waals surface area contributed by atoms with Gasteiger partial charge in [0.2, 0.25) is 0 Å². The van der Waals surface area contributed by atoms with Crippen molar-refractivity contribution in [3.63, 3.8) is 0 Å². The van der Waals surface area contributed by atoms with Crippen LogP contribution in [0.3, 0.4) is 0 Å². The summed E-state index contributed by atoms with van der Waals surface area (Å²) in [7, 11) is 0. The van der Waals surface area contributed by atoms with Crippen molar-refractivity contribution in [1.29, 1.82) is 0 Å². The van der Waals surface area contributed by atoms with Crippen LogP contribution >= 0.6 is 34.7 Å². The molecule has 0 saturated carbocycles. The molecule has 0 atom stereocenters. The molecular weight excluding hydrogens is 415 g/mol. The van der Waals surface area contributed by atoms with E-state index in [-0.39, 0.29) is 11.7 Å². The van der Waals surface area contributed by atoms with Gasteiger partial charge in [-0.2, -0.15) is 0 Å². The summed E-state index contributed by atoms with van der Waals surface area (Å²) in [4.78, 5) is 17.0. The van der Waals surface area contributed by atoms with Gasteiger partial charge in [0.1, 0.15) is 5.82 Å². The fourth-order valence-corrected chi connectivity index (χ4v) is 4.93. The molecule has 0 bridgehead atoms. The van der Waals surface area contributed by atoms with Crippen LogP contribution < -0.4 is 5.32 Å². The van der Waals surface area contributed by atoms with Gasteiger partial charge in [-0.25, -0.2) is 9.37 Å². The van der Waals surface area contributed by atoms with Gasteiger partial charge >= 0.3 is 0 Å². The first-order valence-corrected chi connectivity index (χ1v) is 10.6. The number of carbonyl (C=O) groups is 1. The number of nitrogens with zero attached hydrogens (tertiary/aromatic N) is 1. The average molecular weight is 429 g/mol. The standard InChI is InChI=1S/C21H14ClFN2OS2/c22-17-7-2-1-6-16(17)20(26)24-15-8-9-18-19(11-15)28-21(25-18)27-12-13-4-3-5-14(23)10-13/h1-11H,12H2,(H,24,26). The molecule has 140 valence electrons. The molecule has 1 heterocycles. The topological polar surface area (TPSA) is 42.0 Å². The molecule has 1 N–H and O–H groups in total. The van der Waals surface area contributed by atoms with E-state index in [0.717, 1.165) is 20.1 Å². The van der Waals surface area contributed by atoms with Crippen molar-refractivity contribution in [2.24, 2.45) is 0 Å². The second kappa shape index (κ2) is 8.31. The quantitative estimate of drug-likeness (QED) is 0.362. The number of carbonyl (C=O) groups excluding carboxylic acids is 1. The van der Waals surface area contributed by atoms with Crippen LogP contribution in [0.4, 0.5) is 10.1 Å². The second-order valence-electron chi connectivity index (χ2n) is 6.01. The minimum atomic E-state index is -0.254. The zero-order valence-electron chi connectivity index (χ0n) is 14.5. The van der Waals surface area contributed by atoms with E-state index in [1.54, 1.807) is 53.4 Å². The lowest BCUT2D eigenvalue weighted by molar-refractivity contribution is 0.102. The van der Waals surface area contributed by atoms with E-state index in [9.17, 15) is 9.18 Å². The minimum Gasteiger partial charge on any atom is -0.322 e. The lowest BCUT2D eigenvalue weighted by Gasteiger charge is -2.06. The number of aromatic nitrogens is 1. The largest absolute Gasteiger partial charge is 0.322 e. The van der Waals surface area contributed by atoms with Crippen molar-refractivity contribution in [2.75, 3.05) is 5.32 Å². The van der Waals surface area contributed by atoms with Crippen molar-refractivity contribution < 1.29 is 9.18 Å². The molecule has 3 nitrogen and oxygen atoms in total. The zero-order chi connectivity index (χ0) is 19.5. The van der Waals surface area contributed by atoms with Gasteiger partial charge in [0, 0.05) is 11.4 Å². The molecule has 1 amide bonds. The number of hydrogen-bond acceptors (Lipinski definition) is 4. The van der Waals surface area contributed by atoms with Crippen molar-refractivity contribution >= 4 is 56.5 Å². The highest BCUT2D eigenvalue weighted by atomic mass is 35.5. The van der Waals surface area contributed by atoms with Crippen molar-refractivity contribution in [1.82, 2.24) is 4.98 Å². The van der Waals surface area contributed by atoms with Crippen LogP contribution in [0.1, 0.15) is 15.9 Å². The summed E-state index contributed by atoms with van der Waals surface area (Å²) in [5.74, 6) is 0.157. The Labute approximate surface area is 174 Å². The lowest BCUT2D eigenvalue weighted by atomic mass is 10.2. The van der Waals surface area contributed by atoms with Gasteiger partial charge in [-0.05, 0) is 48.0 Å². The summed E-state index contributed by atoms with van der Waals surface area (Å²) >= 11 is 9.19. The molecule has 0 radical (unpaired) electrons. The van der Waals surface area contributed by atoms with Gasteiger partial charge in [-0.15, -0.1) is 11.3 Å². The van der Waals surface area contributed by atoms with Crippen molar-refractivity contribution in [2.45, 2.75) is 10.1 Å². The van der Waals surface area contributed by atoms with Crippen LogP contribution in [0.25, 0.3) is 10.2 Å². The summed E-state index contributed by atoms with van der Waals surface area (Å²) in [5, 5.41) is 3.28. The first kappa shape index (κ1) is 18.9. The normalized spacial score (nSPS) is 10.9. The number of hydrogen-bond donors (Lipinski definition) is 1. The zero-order valence-corrected chi connectivity index (χ0v) is 16.9. The van der Waals surface area contributed by atoms with E-state index in [0.29, 0.717) is 22.0 Å². The predicted octanol–water partition coefficient (Wildman–Crippen LogP) is 6.63. The highest BCUT2D eigenvalue weighted by Crippen LogP contribution is 2.33. The minimum absolute atomic E-state index is 0.235. The Morgan fingerprint density at radius 3 is 2.79 bits per heavy atom. The smallest absolute Gasteiger partial charge is 0.257 e. The van der Waals surface area contributed by atoms with Crippen molar-refractivity contribution in [3.05, 3.63) is 88.7 Å². The van der Waals surface area contributed by atoms with Crippen LogP contribution in [0, 0.1) is 5.82 Å². The Bertz CT molecular complexity index is 1160. The van der Waals surface area contributed by atoms with E-state index in [2.05, 4.69) is 10.3 Å². The molecule has 0 aliphatic rings. The highest BCUT2D eigenvalue weighted by Gasteiger charge is 2.11. The fraction of sp³-hybridized carbons (Fsp3) is 0.0476. The maximum atomic E-state index is 13.3. The Morgan fingerprint density at radius 1 is 1.11 bits per heavy atom. The first-order valence-electron chi connectivity index (χ1n) is 8.42. The molecule has 0 fully saturated rings. The molecule has 4 rings (SSSR count). The molecule has 28 heavy (non-hydrogen) atoms. The second-order valence-corrected chi connectivity index (χ2v) is 8.68. The Balaban J connectivity index is 1.48. The number of benzene rings is 3. The van der Waals surface area contributed by atoms with Crippen molar-refractivity contribution in [3.8, 4) is 0 Å². The fourth-order valence-electron chi connectivity index (χ4n) is 2.66. The molecule has 3 aromatic carbocycles. The van der Waals surface area contributed by atoms with Crippen LogP contribution in [0.2, 0.25) is 5.02 Å². The van der Waals surface area contributed by atoms with Gasteiger partial charge in [0.05, 0.1) is 20.8 Å². The molecule has 0 unspecified atom stereocenters. The molecular formula is C21H14ClFN2OS2. The molecule has 0 spiro atoms. The van der Waals surface area contributed by atoms with E-state index in [1.807, 2.05) is 24.3 Å². The molecule has 1 aromatic heterocycles.